The monoisotopic (exact) mass is 409 g/mol. The van der Waals surface area contributed by atoms with Crippen molar-refractivity contribution >= 4 is 48.9 Å². The van der Waals surface area contributed by atoms with E-state index in [1.807, 2.05) is 14.1 Å². The summed E-state index contributed by atoms with van der Waals surface area (Å²) in [4.78, 5) is 30.9. The lowest BCUT2D eigenvalue weighted by Crippen LogP contribution is -3.05. The Balaban J connectivity index is 1.93. The van der Waals surface area contributed by atoms with E-state index in [4.69, 9.17) is 0 Å². The van der Waals surface area contributed by atoms with E-state index in [0.29, 0.717) is 21.9 Å². The summed E-state index contributed by atoms with van der Waals surface area (Å²) in [6, 6.07) is 7.08. The molecule has 1 N–H and O–H groups in total. The van der Waals surface area contributed by atoms with Crippen LogP contribution in [-0.2, 0) is 0 Å². The fraction of sp³-hybridized carbons (Fsp3) is 0.294. The number of carbonyl (C=O) groups is 1. The molecule has 1 amide bonds. The molecule has 0 aliphatic carbocycles. The first-order chi connectivity index (χ1) is 12.8. The summed E-state index contributed by atoms with van der Waals surface area (Å²) >= 11 is 2.07. The highest BCUT2D eigenvalue weighted by Crippen LogP contribution is 2.32. The molecule has 0 saturated carbocycles. The quantitative estimate of drug-likeness (QED) is 0.480. The molecule has 1 aromatic carbocycles. The van der Waals surface area contributed by atoms with Crippen LogP contribution in [0.25, 0.3) is 10.2 Å². The van der Waals surface area contributed by atoms with Crippen molar-refractivity contribution in [3.8, 4) is 0 Å². The average molecular weight is 409 g/mol. The molecule has 2 aromatic heterocycles. The lowest BCUT2D eigenvalue weighted by atomic mass is 10.3. The number of thiazole rings is 1. The third-order valence-corrected chi connectivity index (χ3v) is 5.92. The SMILES string of the molecule is C[NH+](C)CCCN(C(=O)c1ccc([N+](=O)[O-])s1)c1nc2ccc(F)cc2s1. The molecule has 3 rings (SSSR count). The van der Waals surface area contributed by atoms with E-state index in [0.717, 1.165) is 24.3 Å². The summed E-state index contributed by atoms with van der Waals surface area (Å²) in [5, 5.41) is 11.3. The summed E-state index contributed by atoms with van der Waals surface area (Å²) in [6.45, 7) is 1.28. The first-order valence-electron chi connectivity index (χ1n) is 8.26. The maximum Gasteiger partial charge on any atom is 0.324 e. The van der Waals surface area contributed by atoms with Gasteiger partial charge in [0.2, 0.25) is 0 Å². The van der Waals surface area contributed by atoms with Crippen molar-refractivity contribution < 1.29 is 19.0 Å². The number of rotatable bonds is 7. The molecular formula is C17H18FN4O3S2+. The standard InChI is InChI=1S/C17H17FN4O3S2/c1-20(2)8-3-9-21(16(23)13-6-7-15(26-13)22(24)25)17-19-12-5-4-11(18)10-14(12)27-17/h4-7,10H,3,8-9H2,1-2H3/p+1. The van der Waals surface area contributed by atoms with Crippen LogP contribution in [-0.4, -0.2) is 43.0 Å². The molecule has 0 unspecified atom stereocenters. The smallest absolute Gasteiger partial charge is 0.324 e. The van der Waals surface area contributed by atoms with E-state index in [1.165, 1.54) is 45.4 Å². The van der Waals surface area contributed by atoms with E-state index in [9.17, 15) is 19.3 Å². The van der Waals surface area contributed by atoms with Crippen LogP contribution >= 0.6 is 22.7 Å². The van der Waals surface area contributed by atoms with Gasteiger partial charge in [0.05, 0.1) is 40.7 Å². The first-order valence-corrected chi connectivity index (χ1v) is 9.89. The van der Waals surface area contributed by atoms with Gasteiger partial charge in [-0.15, -0.1) is 0 Å². The number of anilines is 1. The molecule has 0 bridgehead atoms. The van der Waals surface area contributed by atoms with Gasteiger partial charge in [0.15, 0.2) is 5.13 Å². The Morgan fingerprint density at radius 2 is 2.07 bits per heavy atom. The topological polar surface area (TPSA) is 80.8 Å². The minimum atomic E-state index is -0.512. The van der Waals surface area contributed by atoms with Gasteiger partial charge in [-0.2, -0.15) is 0 Å². The Kier molecular flexibility index (Phi) is 5.78. The van der Waals surface area contributed by atoms with Crippen molar-refractivity contribution in [3.05, 3.63) is 51.1 Å². The normalized spacial score (nSPS) is 11.3. The molecule has 0 spiro atoms. The van der Waals surface area contributed by atoms with Gasteiger partial charge >= 0.3 is 5.00 Å². The van der Waals surface area contributed by atoms with Crippen LogP contribution in [0.1, 0.15) is 16.1 Å². The highest BCUT2D eigenvalue weighted by atomic mass is 32.1. The van der Waals surface area contributed by atoms with Gasteiger partial charge in [-0.3, -0.25) is 19.8 Å². The number of carbonyl (C=O) groups excluding carboxylic acids is 1. The van der Waals surface area contributed by atoms with Gasteiger partial charge in [-0.05, 0) is 24.3 Å². The molecule has 2 heterocycles. The maximum atomic E-state index is 13.5. The average Bonchev–Trinajstić information content (AvgIpc) is 3.24. The summed E-state index contributed by atoms with van der Waals surface area (Å²) < 4.78 is 14.1. The Morgan fingerprint density at radius 3 is 2.74 bits per heavy atom. The number of hydrogen-bond donors (Lipinski definition) is 1. The fourth-order valence-electron chi connectivity index (χ4n) is 2.55. The van der Waals surface area contributed by atoms with Crippen molar-refractivity contribution in [2.45, 2.75) is 6.42 Å². The summed E-state index contributed by atoms with van der Waals surface area (Å²) in [5.41, 5.74) is 0.615. The van der Waals surface area contributed by atoms with E-state index >= 15 is 0 Å². The molecule has 142 valence electrons. The largest absolute Gasteiger partial charge is 0.340 e. The Bertz CT molecular complexity index is 986. The number of amides is 1. The van der Waals surface area contributed by atoms with Gasteiger partial charge in [0, 0.05) is 19.0 Å². The van der Waals surface area contributed by atoms with Crippen LogP contribution in [0.5, 0.6) is 0 Å². The summed E-state index contributed by atoms with van der Waals surface area (Å²) in [7, 11) is 4.05. The van der Waals surface area contributed by atoms with Crippen molar-refractivity contribution in [2.75, 3.05) is 32.1 Å². The zero-order valence-electron chi connectivity index (χ0n) is 14.8. The second-order valence-corrected chi connectivity index (χ2v) is 8.34. The van der Waals surface area contributed by atoms with Crippen molar-refractivity contribution in [3.63, 3.8) is 0 Å². The van der Waals surface area contributed by atoms with E-state index in [-0.39, 0.29) is 21.6 Å². The number of halogens is 1. The van der Waals surface area contributed by atoms with Crippen molar-refractivity contribution in [1.29, 1.82) is 0 Å². The van der Waals surface area contributed by atoms with Gasteiger partial charge in [-0.25, -0.2) is 9.37 Å². The van der Waals surface area contributed by atoms with Crippen LogP contribution < -0.4 is 9.80 Å². The van der Waals surface area contributed by atoms with Gasteiger partial charge < -0.3 is 4.90 Å². The zero-order chi connectivity index (χ0) is 19.6. The number of nitro groups is 1. The van der Waals surface area contributed by atoms with Gasteiger partial charge in [-0.1, -0.05) is 22.7 Å². The molecular weight excluding hydrogens is 391 g/mol. The van der Waals surface area contributed by atoms with Crippen LogP contribution in [0.3, 0.4) is 0 Å². The Morgan fingerprint density at radius 1 is 1.30 bits per heavy atom. The Hall–Kier alpha value is -2.43. The number of aromatic nitrogens is 1. The predicted molar refractivity (Wildman–Crippen MR) is 105 cm³/mol. The number of nitrogens with one attached hydrogen (secondary N) is 1. The predicted octanol–water partition coefficient (Wildman–Crippen LogP) is 2.59. The number of quaternary nitrogens is 1. The van der Waals surface area contributed by atoms with Crippen LogP contribution in [0, 0.1) is 15.9 Å². The number of hydrogen-bond acceptors (Lipinski definition) is 6. The highest BCUT2D eigenvalue weighted by Gasteiger charge is 2.24. The van der Waals surface area contributed by atoms with Crippen molar-refractivity contribution in [1.82, 2.24) is 4.98 Å². The lowest BCUT2D eigenvalue weighted by Gasteiger charge is -2.19. The molecule has 0 radical (unpaired) electrons. The number of nitrogens with zero attached hydrogens (tertiary/aromatic N) is 3. The van der Waals surface area contributed by atoms with E-state index in [2.05, 4.69) is 4.98 Å². The molecule has 0 aliphatic heterocycles. The lowest BCUT2D eigenvalue weighted by molar-refractivity contribution is -0.858. The minimum Gasteiger partial charge on any atom is -0.340 e. The van der Waals surface area contributed by atoms with Crippen molar-refractivity contribution in [2.24, 2.45) is 0 Å². The Labute approximate surface area is 162 Å². The molecule has 0 fully saturated rings. The maximum absolute atomic E-state index is 13.5. The molecule has 0 saturated heterocycles. The minimum absolute atomic E-state index is 0.0811. The van der Waals surface area contributed by atoms with Gasteiger partial charge in [0.1, 0.15) is 5.82 Å². The second-order valence-electron chi connectivity index (χ2n) is 6.27. The first kappa shape index (κ1) is 19.3. The molecule has 0 atom stereocenters. The molecule has 7 nitrogen and oxygen atoms in total. The third kappa shape index (κ3) is 4.46. The fourth-order valence-corrected chi connectivity index (χ4v) is 4.33. The second kappa shape index (κ2) is 8.07. The van der Waals surface area contributed by atoms with E-state index in [1.54, 1.807) is 6.07 Å². The highest BCUT2D eigenvalue weighted by molar-refractivity contribution is 7.22. The van der Waals surface area contributed by atoms with E-state index < -0.39 is 4.92 Å². The summed E-state index contributed by atoms with van der Waals surface area (Å²) in [6.07, 6.45) is 0.742. The molecule has 0 aliphatic rings. The number of thiophene rings is 1. The number of benzene rings is 1. The summed E-state index contributed by atoms with van der Waals surface area (Å²) in [5.74, 6) is -0.693. The van der Waals surface area contributed by atoms with Crippen LogP contribution in [0.2, 0.25) is 0 Å². The molecule has 27 heavy (non-hydrogen) atoms. The van der Waals surface area contributed by atoms with Crippen LogP contribution in [0.4, 0.5) is 14.5 Å². The zero-order valence-corrected chi connectivity index (χ0v) is 16.4. The van der Waals surface area contributed by atoms with Crippen LogP contribution in [0.15, 0.2) is 30.3 Å². The molecule has 3 aromatic rings. The van der Waals surface area contributed by atoms with Gasteiger partial charge in [0.25, 0.3) is 5.91 Å². The number of fused-ring (bicyclic) bond motifs is 1. The molecule has 10 heteroatoms. The third-order valence-electron chi connectivity index (χ3n) is 3.86.